The van der Waals surface area contributed by atoms with E-state index in [1.807, 2.05) is 6.07 Å². The van der Waals surface area contributed by atoms with E-state index in [0.29, 0.717) is 12.8 Å². The Labute approximate surface area is 95.7 Å². The molecule has 6 heteroatoms. The van der Waals surface area contributed by atoms with Crippen molar-refractivity contribution in [3.8, 4) is 6.07 Å². The maximum atomic E-state index is 11.5. The molecule has 0 bridgehead atoms. The predicted octanol–water partition coefficient (Wildman–Crippen LogP) is 0.230. The molecule has 1 heterocycles. The van der Waals surface area contributed by atoms with E-state index in [0.717, 1.165) is 0 Å². The minimum atomic E-state index is -3.03. The zero-order chi connectivity index (χ0) is 12.4. The topological polar surface area (TPSA) is 87.0 Å². The third-order valence-electron chi connectivity index (χ3n) is 2.80. The Morgan fingerprint density at radius 3 is 2.62 bits per heavy atom. The van der Waals surface area contributed by atoms with Crippen molar-refractivity contribution in [3.05, 3.63) is 0 Å². The van der Waals surface area contributed by atoms with Crippen LogP contribution in [0.2, 0.25) is 0 Å². The molecule has 1 fully saturated rings. The largest absolute Gasteiger partial charge is 0.353 e. The molecule has 0 aromatic carbocycles. The van der Waals surface area contributed by atoms with Crippen molar-refractivity contribution < 1.29 is 13.2 Å². The zero-order valence-electron chi connectivity index (χ0n) is 9.49. The van der Waals surface area contributed by atoms with E-state index in [2.05, 4.69) is 5.32 Å². The summed E-state index contributed by atoms with van der Waals surface area (Å²) in [6.45, 7) is 3.13. The molecule has 0 aromatic rings. The van der Waals surface area contributed by atoms with Crippen molar-refractivity contribution in [2.45, 2.75) is 31.9 Å². The molecule has 90 valence electrons. The number of nitriles is 1. The van der Waals surface area contributed by atoms with Gasteiger partial charge in [0.2, 0.25) is 5.91 Å². The molecular weight excluding hydrogens is 228 g/mol. The van der Waals surface area contributed by atoms with E-state index in [9.17, 15) is 13.2 Å². The van der Waals surface area contributed by atoms with Gasteiger partial charge in [-0.1, -0.05) is 0 Å². The molecule has 1 N–H and O–H groups in total. The van der Waals surface area contributed by atoms with Crippen LogP contribution < -0.4 is 5.32 Å². The molecule has 0 saturated carbocycles. The van der Waals surface area contributed by atoms with Gasteiger partial charge in [0.25, 0.3) is 0 Å². The van der Waals surface area contributed by atoms with E-state index in [1.54, 1.807) is 0 Å². The smallest absolute Gasteiger partial charge is 0.239 e. The first-order chi connectivity index (χ1) is 7.29. The minimum absolute atomic E-state index is 0.117. The molecule has 5 nitrogen and oxygen atoms in total. The lowest BCUT2D eigenvalue weighted by Gasteiger charge is -2.17. The van der Waals surface area contributed by atoms with E-state index < -0.39 is 26.4 Å². The number of carbonyl (C=O) groups excluding carboxylic acids is 1. The summed E-state index contributed by atoms with van der Waals surface area (Å²) in [6, 6.07) is 1.88. The Morgan fingerprint density at radius 2 is 2.19 bits per heavy atom. The fourth-order valence-corrected chi connectivity index (χ4v) is 3.33. The first kappa shape index (κ1) is 13.0. The van der Waals surface area contributed by atoms with Gasteiger partial charge in [-0.2, -0.15) is 5.26 Å². The highest BCUT2D eigenvalue weighted by Gasteiger charge is 2.33. The Hall–Kier alpha value is -1.09. The monoisotopic (exact) mass is 244 g/mol. The summed E-state index contributed by atoms with van der Waals surface area (Å²) in [4.78, 5) is 11.5. The van der Waals surface area contributed by atoms with Crippen LogP contribution in [0.5, 0.6) is 0 Å². The molecule has 16 heavy (non-hydrogen) atoms. The fraction of sp³-hybridized carbons (Fsp3) is 0.800. The zero-order valence-corrected chi connectivity index (χ0v) is 10.3. The first-order valence-corrected chi connectivity index (χ1v) is 6.92. The summed E-state index contributed by atoms with van der Waals surface area (Å²) >= 11 is 0. The molecule has 0 radical (unpaired) electrons. The summed E-state index contributed by atoms with van der Waals surface area (Å²) < 4.78 is 23.0. The minimum Gasteiger partial charge on any atom is -0.353 e. The Balaban J connectivity index is 2.54. The van der Waals surface area contributed by atoms with Gasteiger partial charge >= 0.3 is 0 Å². The lowest BCUT2D eigenvalue weighted by atomic mass is 9.95. The van der Waals surface area contributed by atoms with E-state index in [1.165, 1.54) is 13.8 Å². The Morgan fingerprint density at radius 1 is 1.56 bits per heavy atom. The normalized spacial score (nSPS) is 23.7. The first-order valence-electron chi connectivity index (χ1n) is 5.21. The van der Waals surface area contributed by atoms with Crippen molar-refractivity contribution in [1.29, 1.82) is 5.26 Å². The Bertz CT molecular complexity index is 420. The van der Waals surface area contributed by atoms with Crippen LogP contribution in [-0.2, 0) is 14.6 Å². The molecule has 0 aliphatic carbocycles. The molecule has 1 amide bonds. The standard InChI is InChI=1S/C10H16N2O3S/c1-10(2,7-11)9(13)12-6-8-4-3-5-16(8,14)15/h8H,3-6H2,1-2H3,(H,12,13). The second kappa shape index (κ2) is 4.42. The molecular formula is C10H16N2O3S. The summed E-state index contributed by atoms with van der Waals surface area (Å²) in [6.07, 6.45) is 1.25. The molecule has 1 aliphatic rings. The quantitative estimate of drug-likeness (QED) is 0.769. The number of nitrogens with one attached hydrogen (secondary N) is 1. The number of amides is 1. The second-order valence-corrected chi connectivity index (χ2v) is 6.98. The van der Waals surface area contributed by atoms with Gasteiger partial charge in [-0.05, 0) is 26.7 Å². The Kier molecular flexibility index (Phi) is 3.58. The molecule has 1 aliphatic heterocycles. The van der Waals surface area contributed by atoms with Crippen LogP contribution in [0.25, 0.3) is 0 Å². The van der Waals surface area contributed by atoms with Crippen LogP contribution in [-0.4, -0.2) is 31.9 Å². The van der Waals surface area contributed by atoms with Crippen LogP contribution >= 0.6 is 0 Å². The fourth-order valence-electron chi connectivity index (χ4n) is 1.57. The highest BCUT2D eigenvalue weighted by atomic mass is 32.2. The molecule has 1 unspecified atom stereocenters. The summed E-state index contributed by atoms with van der Waals surface area (Å²) in [5.41, 5.74) is -1.11. The second-order valence-electron chi connectivity index (χ2n) is 4.58. The molecule has 0 aromatic heterocycles. The lowest BCUT2D eigenvalue weighted by molar-refractivity contribution is -0.126. The van der Waals surface area contributed by atoms with Crippen molar-refractivity contribution in [1.82, 2.24) is 5.32 Å². The number of hydrogen-bond acceptors (Lipinski definition) is 4. The van der Waals surface area contributed by atoms with Crippen LogP contribution in [0.3, 0.4) is 0 Å². The molecule has 1 atom stereocenters. The maximum Gasteiger partial charge on any atom is 0.239 e. The van der Waals surface area contributed by atoms with Crippen LogP contribution in [0.15, 0.2) is 0 Å². The van der Waals surface area contributed by atoms with Gasteiger partial charge in [0.05, 0.1) is 17.1 Å². The average molecular weight is 244 g/mol. The van der Waals surface area contributed by atoms with Gasteiger partial charge in [-0.3, -0.25) is 4.79 Å². The van der Waals surface area contributed by atoms with Crippen LogP contribution in [0.4, 0.5) is 0 Å². The number of carbonyl (C=O) groups is 1. The van der Waals surface area contributed by atoms with Gasteiger partial charge in [0, 0.05) is 6.54 Å². The SMILES string of the molecule is CC(C)(C#N)C(=O)NCC1CCCS1(=O)=O. The lowest BCUT2D eigenvalue weighted by Crippen LogP contribution is -2.41. The van der Waals surface area contributed by atoms with Crippen LogP contribution in [0, 0.1) is 16.7 Å². The van der Waals surface area contributed by atoms with Gasteiger partial charge in [0.15, 0.2) is 9.84 Å². The third kappa shape index (κ3) is 2.73. The van der Waals surface area contributed by atoms with E-state index in [4.69, 9.17) is 5.26 Å². The third-order valence-corrected chi connectivity index (χ3v) is 5.08. The molecule has 0 spiro atoms. The summed E-state index contributed by atoms with van der Waals surface area (Å²) in [5.74, 6) is -0.216. The maximum absolute atomic E-state index is 11.5. The number of sulfone groups is 1. The summed E-state index contributed by atoms with van der Waals surface area (Å²) in [5, 5.41) is 10.8. The molecule has 1 saturated heterocycles. The highest BCUT2D eigenvalue weighted by molar-refractivity contribution is 7.92. The predicted molar refractivity (Wildman–Crippen MR) is 59.2 cm³/mol. The number of nitrogens with zero attached hydrogens (tertiary/aromatic N) is 1. The molecule has 1 rings (SSSR count). The van der Waals surface area contributed by atoms with Gasteiger partial charge in [-0.25, -0.2) is 8.42 Å². The average Bonchev–Trinajstić information content (AvgIpc) is 2.54. The van der Waals surface area contributed by atoms with E-state index in [-0.39, 0.29) is 12.3 Å². The summed E-state index contributed by atoms with van der Waals surface area (Å²) in [7, 11) is -3.03. The van der Waals surface area contributed by atoms with Gasteiger partial charge < -0.3 is 5.32 Å². The van der Waals surface area contributed by atoms with Crippen molar-refractivity contribution >= 4 is 15.7 Å². The van der Waals surface area contributed by atoms with Crippen LogP contribution in [0.1, 0.15) is 26.7 Å². The van der Waals surface area contributed by atoms with Gasteiger partial charge in [0.1, 0.15) is 5.41 Å². The highest BCUT2D eigenvalue weighted by Crippen LogP contribution is 2.20. The van der Waals surface area contributed by atoms with Crippen molar-refractivity contribution in [2.24, 2.45) is 5.41 Å². The van der Waals surface area contributed by atoms with Gasteiger partial charge in [-0.15, -0.1) is 0 Å². The number of hydrogen-bond donors (Lipinski definition) is 1. The number of rotatable bonds is 3. The van der Waals surface area contributed by atoms with Crippen molar-refractivity contribution in [3.63, 3.8) is 0 Å². The van der Waals surface area contributed by atoms with Crippen molar-refractivity contribution in [2.75, 3.05) is 12.3 Å². The van der Waals surface area contributed by atoms with E-state index >= 15 is 0 Å².